The van der Waals surface area contributed by atoms with Crippen LogP contribution < -0.4 is 15.8 Å². The highest BCUT2D eigenvalue weighted by Gasteiger charge is 2.13. The topological polar surface area (TPSA) is 47.3 Å². The molecule has 0 radical (unpaired) electrons. The lowest BCUT2D eigenvalue weighted by Crippen LogP contribution is -2.17. The molecule has 0 aliphatic rings. The molecule has 3 N–H and O–H groups in total. The summed E-state index contributed by atoms with van der Waals surface area (Å²) in [7, 11) is 3.60. The number of hydrogen-bond donors (Lipinski definition) is 2. The lowest BCUT2D eigenvalue weighted by molar-refractivity contribution is 0.412. The zero-order chi connectivity index (χ0) is 13.8. The Morgan fingerprint density at radius 1 is 1.16 bits per heavy atom. The second-order valence-corrected chi connectivity index (χ2v) is 5.14. The number of ether oxygens (including phenoxy) is 1. The van der Waals surface area contributed by atoms with Gasteiger partial charge in [-0.25, -0.2) is 0 Å². The van der Waals surface area contributed by atoms with Crippen LogP contribution in [0.5, 0.6) is 5.75 Å². The number of rotatable bonds is 4. The van der Waals surface area contributed by atoms with Crippen LogP contribution in [0.2, 0.25) is 0 Å². The van der Waals surface area contributed by atoms with Crippen molar-refractivity contribution in [3.63, 3.8) is 0 Å². The molecule has 0 spiro atoms. The van der Waals surface area contributed by atoms with Crippen LogP contribution in [0, 0.1) is 0 Å². The maximum absolute atomic E-state index is 5.85. The van der Waals surface area contributed by atoms with Crippen molar-refractivity contribution in [2.24, 2.45) is 0 Å². The summed E-state index contributed by atoms with van der Waals surface area (Å²) in [6, 6.07) is 14.1. The molecule has 4 heteroatoms. The van der Waals surface area contributed by atoms with E-state index >= 15 is 0 Å². The highest BCUT2D eigenvalue weighted by molar-refractivity contribution is 9.10. The van der Waals surface area contributed by atoms with Gasteiger partial charge in [-0.3, -0.25) is 0 Å². The second-order valence-electron chi connectivity index (χ2n) is 4.29. The molecular formula is C15H17BrN2O. The van der Waals surface area contributed by atoms with Crippen molar-refractivity contribution < 1.29 is 4.74 Å². The summed E-state index contributed by atoms with van der Waals surface area (Å²) in [6.07, 6.45) is 0. The lowest BCUT2D eigenvalue weighted by Gasteiger charge is -2.18. The molecule has 0 amide bonds. The summed E-state index contributed by atoms with van der Waals surface area (Å²) in [5.41, 5.74) is 8.91. The first-order valence-corrected chi connectivity index (χ1v) is 6.81. The number of nitrogens with two attached hydrogens (primary N) is 1. The van der Waals surface area contributed by atoms with E-state index in [9.17, 15) is 0 Å². The third kappa shape index (κ3) is 3.08. The van der Waals surface area contributed by atoms with E-state index < -0.39 is 0 Å². The molecule has 0 heterocycles. The average molecular weight is 321 g/mol. The van der Waals surface area contributed by atoms with Gasteiger partial charge in [0.25, 0.3) is 0 Å². The van der Waals surface area contributed by atoms with E-state index in [1.54, 1.807) is 7.11 Å². The minimum atomic E-state index is 0.103. The van der Waals surface area contributed by atoms with E-state index in [4.69, 9.17) is 10.5 Å². The van der Waals surface area contributed by atoms with E-state index in [1.807, 2.05) is 37.4 Å². The molecule has 1 unspecified atom stereocenters. The summed E-state index contributed by atoms with van der Waals surface area (Å²) < 4.78 is 6.19. The number of nitrogens with one attached hydrogen (secondary N) is 1. The zero-order valence-corrected chi connectivity index (χ0v) is 12.6. The molecule has 0 fully saturated rings. The van der Waals surface area contributed by atoms with E-state index in [1.165, 1.54) is 0 Å². The van der Waals surface area contributed by atoms with Crippen molar-refractivity contribution >= 4 is 21.6 Å². The fourth-order valence-corrected chi connectivity index (χ4v) is 2.68. The van der Waals surface area contributed by atoms with E-state index in [-0.39, 0.29) is 6.04 Å². The van der Waals surface area contributed by atoms with Crippen molar-refractivity contribution in [1.29, 1.82) is 0 Å². The first-order chi connectivity index (χ1) is 9.15. The molecule has 3 nitrogen and oxygen atoms in total. The molecule has 2 aromatic carbocycles. The molecule has 1 atom stereocenters. The van der Waals surface area contributed by atoms with Gasteiger partial charge in [-0.2, -0.15) is 0 Å². The lowest BCUT2D eigenvalue weighted by atomic mass is 9.98. The summed E-state index contributed by atoms with van der Waals surface area (Å²) in [6.45, 7) is 0. The minimum absolute atomic E-state index is 0.103. The summed E-state index contributed by atoms with van der Waals surface area (Å²) in [5, 5.41) is 3.31. The quantitative estimate of drug-likeness (QED) is 0.849. The van der Waals surface area contributed by atoms with Gasteiger partial charge in [-0.05, 0) is 58.4 Å². The number of halogens is 1. The first kappa shape index (κ1) is 13.9. The monoisotopic (exact) mass is 320 g/mol. The Kier molecular flexibility index (Phi) is 4.45. The molecule has 0 aliphatic carbocycles. The van der Waals surface area contributed by atoms with Gasteiger partial charge in [-0.1, -0.05) is 18.2 Å². The fourth-order valence-electron chi connectivity index (χ4n) is 2.13. The molecule has 100 valence electrons. The predicted octanol–water partition coefficient (Wildman–Crippen LogP) is 3.35. The number of nitrogen functional groups attached to an aromatic ring is 1. The summed E-state index contributed by atoms with van der Waals surface area (Å²) >= 11 is 3.51. The Morgan fingerprint density at radius 2 is 1.89 bits per heavy atom. The third-order valence-corrected chi connectivity index (χ3v) is 3.66. The van der Waals surface area contributed by atoms with Gasteiger partial charge >= 0.3 is 0 Å². The number of anilines is 1. The van der Waals surface area contributed by atoms with Gasteiger partial charge in [-0.15, -0.1) is 0 Å². The van der Waals surface area contributed by atoms with Crippen LogP contribution in [-0.4, -0.2) is 14.2 Å². The standard InChI is InChI=1S/C15H17BrN2O/c1-18-15(10-4-3-5-12(17)8-10)11-6-7-14(19-2)13(16)9-11/h3-9,15,18H,17H2,1-2H3. The highest BCUT2D eigenvalue weighted by atomic mass is 79.9. The first-order valence-electron chi connectivity index (χ1n) is 6.02. The molecule has 2 aromatic rings. The molecule has 19 heavy (non-hydrogen) atoms. The zero-order valence-electron chi connectivity index (χ0n) is 11.0. The van der Waals surface area contributed by atoms with Crippen LogP contribution in [0.1, 0.15) is 17.2 Å². The smallest absolute Gasteiger partial charge is 0.133 e. The number of benzene rings is 2. The highest BCUT2D eigenvalue weighted by Crippen LogP contribution is 2.30. The Hall–Kier alpha value is -1.52. The van der Waals surface area contributed by atoms with Crippen molar-refractivity contribution in [1.82, 2.24) is 5.32 Å². The third-order valence-electron chi connectivity index (χ3n) is 3.04. The van der Waals surface area contributed by atoms with Gasteiger partial charge in [0.15, 0.2) is 0 Å². The van der Waals surface area contributed by atoms with Crippen LogP contribution in [0.3, 0.4) is 0 Å². The van der Waals surface area contributed by atoms with Crippen LogP contribution in [0.4, 0.5) is 5.69 Å². The average Bonchev–Trinajstić information content (AvgIpc) is 2.40. The van der Waals surface area contributed by atoms with Crippen LogP contribution in [0.15, 0.2) is 46.9 Å². The summed E-state index contributed by atoms with van der Waals surface area (Å²) in [5.74, 6) is 0.825. The summed E-state index contributed by atoms with van der Waals surface area (Å²) in [4.78, 5) is 0. The van der Waals surface area contributed by atoms with Gasteiger partial charge < -0.3 is 15.8 Å². The molecule has 0 aromatic heterocycles. The van der Waals surface area contributed by atoms with Gasteiger partial charge in [0, 0.05) is 5.69 Å². The molecule has 0 aliphatic heterocycles. The maximum Gasteiger partial charge on any atom is 0.133 e. The Balaban J connectivity index is 2.39. The van der Waals surface area contributed by atoms with Crippen molar-refractivity contribution in [2.45, 2.75) is 6.04 Å². The van der Waals surface area contributed by atoms with E-state index in [2.05, 4.69) is 33.4 Å². The van der Waals surface area contributed by atoms with E-state index in [0.29, 0.717) is 0 Å². The van der Waals surface area contributed by atoms with Crippen molar-refractivity contribution in [2.75, 3.05) is 19.9 Å². The predicted molar refractivity (Wildman–Crippen MR) is 82.5 cm³/mol. The Labute approximate surface area is 121 Å². The Morgan fingerprint density at radius 3 is 2.47 bits per heavy atom. The molecule has 0 saturated carbocycles. The van der Waals surface area contributed by atoms with Gasteiger partial charge in [0.2, 0.25) is 0 Å². The molecule has 2 rings (SSSR count). The van der Waals surface area contributed by atoms with E-state index in [0.717, 1.165) is 27.0 Å². The van der Waals surface area contributed by atoms with Gasteiger partial charge in [0.05, 0.1) is 17.6 Å². The SMILES string of the molecule is CNC(c1cccc(N)c1)c1ccc(OC)c(Br)c1. The van der Waals surface area contributed by atoms with Gasteiger partial charge in [0.1, 0.15) is 5.75 Å². The van der Waals surface area contributed by atoms with Crippen LogP contribution in [0.25, 0.3) is 0 Å². The van der Waals surface area contributed by atoms with Crippen LogP contribution in [-0.2, 0) is 0 Å². The van der Waals surface area contributed by atoms with Crippen molar-refractivity contribution in [3.8, 4) is 5.75 Å². The van der Waals surface area contributed by atoms with Crippen LogP contribution >= 0.6 is 15.9 Å². The number of methoxy groups -OCH3 is 1. The Bertz CT molecular complexity index is 572. The fraction of sp³-hybridized carbons (Fsp3) is 0.200. The molecule has 0 saturated heterocycles. The number of hydrogen-bond acceptors (Lipinski definition) is 3. The van der Waals surface area contributed by atoms with Crippen molar-refractivity contribution in [3.05, 3.63) is 58.1 Å². The molecule has 0 bridgehead atoms. The largest absolute Gasteiger partial charge is 0.496 e. The minimum Gasteiger partial charge on any atom is -0.496 e. The molecular weight excluding hydrogens is 304 g/mol. The normalized spacial score (nSPS) is 12.2. The second kappa shape index (κ2) is 6.08. The maximum atomic E-state index is 5.85.